The molecule has 0 bridgehead atoms. The van der Waals surface area contributed by atoms with E-state index in [1.165, 1.54) is 0 Å². The molecular weight excluding hydrogens is 498 g/mol. The van der Waals surface area contributed by atoms with Crippen LogP contribution in [0.4, 0.5) is 11.4 Å². The maximum absolute atomic E-state index is 10.6. The second-order valence-electron chi connectivity index (χ2n) is 6.78. The molecule has 8 heteroatoms. The lowest BCUT2D eigenvalue weighted by Crippen LogP contribution is -2.22. The van der Waals surface area contributed by atoms with Gasteiger partial charge in [-0.15, -0.1) is 0 Å². The summed E-state index contributed by atoms with van der Waals surface area (Å²) in [6.07, 6.45) is -0.0961. The van der Waals surface area contributed by atoms with Crippen LogP contribution < -0.4 is 5.32 Å². The van der Waals surface area contributed by atoms with Crippen molar-refractivity contribution in [2.24, 2.45) is 5.11 Å². The monoisotopic (exact) mass is 513 g/mol. The number of aromatic amines is 1. The third-order valence-corrected chi connectivity index (χ3v) is 5.67. The fraction of sp³-hybridized carbons (Fsp3) is 0.143. The van der Waals surface area contributed by atoms with Gasteiger partial charge in [0.25, 0.3) is 0 Å². The molecule has 4 rings (SSSR count). The molecular formula is C21H17Br2N5O. The van der Waals surface area contributed by atoms with E-state index in [-0.39, 0.29) is 0 Å². The number of rotatable bonds is 6. The zero-order valence-electron chi connectivity index (χ0n) is 15.2. The molecule has 6 nitrogen and oxygen atoms in total. The molecule has 146 valence electrons. The van der Waals surface area contributed by atoms with E-state index in [9.17, 15) is 5.11 Å². The number of anilines is 1. The summed E-state index contributed by atoms with van der Waals surface area (Å²) in [5.74, 6) is 0. The maximum atomic E-state index is 10.6. The van der Waals surface area contributed by atoms with E-state index in [1.807, 2.05) is 24.3 Å². The third-order valence-electron chi connectivity index (χ3n) is 4.72. The highest BCUT2D eigenvalue weighted by Gasteiger charge is 2.14. The second-order valence-corrected chi connectivity index (χ2v) is 8.61. The Bertz CT molecular complexity index is 1250. The second kappa shape index (κ2) is 8.47. The van der Waals surface area contributed by atoms with Crippen molar-refractivity contribution in [3.05, 3.63) is 79.5 Å². The van der Waals surface area contributed by atoms with Gasteiger partial charge >= 0.3 is 0 Å². The molecule has 3 aromatic carbocycles. The molecule has 1 atom stereocenters. The smallest absolute Gasteiger partial charge is 0.0753 e. The van der Waals surface area contributed by atoms with Gasteiger partial charge in [0, 0.05) is 60.0 Å². The summed E-state index contributed by atoms with van der Waals surface area (Å²) in [5.41, 5.74) is 13.0. The SMILES string of the molecule is [N-]=[N+]=Nc1cccc(NCC(O)Cc2cc(Br)cc3c2[nH]c2ccc(Br)cc23)c1. The Morgan fingerprint density at radius 1 is 1.07 bits per heavy atom. The van der Waals surface area contributed by atoms with E-state index in [4.69, 9.17) is 5.53 Å². The van der Waals surface area contributed by atoms with E-state index in [0.29, 0.717) is 18.7 Å². The van der Waals surface area contributed by atoms with Crippen molar-refractivity contribution in [3.63, 3.8) is 0 Å². The van der Waals surface area contributed by atoms with Crippen molar-refractivity contribution in [2.45, 2.75) is 12.5 Å². The lowest BCUT2D eigenvalue weighted by Gasteiger charge is -2.14. The van der Waals surface area contributed by atoms with Crippen molar-refractivity contribution in [1.29, 1.82) is 0 Å². The molecule has 0 aliphatic carbocycles. The third kappa shape index (κ3) is 4.41. The van der Waals surface area contributed by atoms with Crippen LogP contribution in [0.1, 0.15) is 5.56 Å². The number of hydrogen-bond donors (Lipinski definition) is 3. The number of H-pyrrole nitrogens is 1. The Balaban J connectivity index is 1.56. The number of aromatic nitrogens is 1. The molecule has 0 amide bonds. The maximum Gasteiger partial charge on any atom is 0.0753 e. The van der Waals surface area contributed by atoms with Crippen molar-refractivity contribution in [1.82, 2.24) is 4.98 Å². The quantitative estimate of drug-likeness (QED) is 0.150. The summed E-state index contributed by atoms with van der Waals surface area (Å²) in [7, 11) is 0. The van der Waals surface area contributed by atoms with Crippen LogP contribution in [0.5, 0.6) is 0 Å². The van der Waals surface area contributed by atoms with Crippen molar-refractivity contribution >= 4 is 65.0 Å². The molecule has 3 N–H and O–H groups in total. The molecule has 29 heavy (non-hydrogen) atoms. The van der Waals surface area contributed by atoms with Crippen molar-refractivity contribution < 1.29 is 5.11 Å². The fourth-order valence-electron chi connectivity index (χ4n) is 3.46. The summed E-state index contributed by atoms with van der Waals surface area (Å²) in [6, 6.07) is 17.4. The van der Waals surface area contributed by atoms with Gasteiger partial charge in [0.05, 0.1) is 6.10 Å². The highest BCUT2D eigenvalue weighted by Crippen LogP contribution is 2.33. The zero-order chi connectivity index (χ0) is 20.4. The van der Waals surface area contributed by atoms with E-state index >= 15 is 0 Å². The van der Waals surface area contributed by atoms with Crippen LogP contribution in [0, 0.1) is 0 Å². The first-order chi connectivity index (χ1) is 14.0. The number of fused-ring (bicyclic) bond motifs is 3. The van der Waals surface area contributed by atoms with Crippen LogP contribution in [0.2, 0.25) is 0 Å². The summed E-state index contributed by atoms with van der Waals surface area (Å²) >= 11 is 7.14. The minimum absolute atomic E-state index is 0.375. The molecule has 0 spiro atoms. The standard InChI is InChI=1S/C21H17Br2N5O/c22-13-4-5-20-18(8-13)19-9-14(23)6-12(21(19)26-20)7-17(29)11-25-15-2-1-3-16(10-15)27-28-24/h1-6,8-10,17,25-26,29H,7,11H2. The molecule has 1 aromatic heterocycles. The summed E-state index contributed by atoms with van der Waals surface area (Å²) in [5, 5.41) is 19.7. The van der Waals surface area contributed by atoms with E-state index < -0.39 is 6.10 Å². The minimum atomic E-state index is -0.589. The van der Waals surface area contributed by atoms with Gasteiger partial charge in [-0.05, 0) is 53.6 Å². The van der Waals surface area contributed by atoms with Crippen LogP contribution in [-0.2, 0) is 6.42 Å². The van der Waals surface area contributed by atoms with Crippen LogP contribution in [0.15, 0.2) is 68.7 Å². The topological polar surface area (TPSA) is 96.8 Å². The Hall–Kier alpha value is -2.51. The van der Waals surface area contributed by atoms with Crippen LogP contribution in [0.25, 0.3) is 32.2 Å². The highest BCUT2D eigenvalue weighted by molar-refractivity contribution is 9.10. The molecule has 0 saturated heterocycles. The molecule has 0 aliphatic rings. The normalized spacial score (nSPS) is 12.1. The number of benzene rings is 3. The largest absolute Gasteiger partial charge is 0.391 e. The number of aliphatic hydroxyl groups is 1. The minimum Gasteiger partial charge on any atom is -0.391 e. The number of aliphatic hydroxyl groups excluding tert-OH is 1. The number of nitrogens with one attached hydrogen (secondary N) is 2. The lowest BCUT2D eigenvalue weighted by molar-refractivity contribution is 0.188. The predicted molar refractivity (Wildman–Crippen MR) is 125 cm³/mol. The molecule has 0 saturated carbocycles. The van der Waals surface area contributed by atoms with Crippen LogP contribution in [-0.4, -0.2) is 22.7 Å². The molecule has 0 fully saturated rings. The first kappa shape index (κ1) is 19.8. The predicted octanol–water partition coefficient (Wildman–Crippen LogP) is 6.80. The van der Waals surface area contributed by atoms with Crippen LogP contribution in [0.3, 0.4) is 0 Å². The van der Waals surface area contributed by atoms with Crippen molar-refractivity contribution in [3.8, 4) is 0 Å². The zero-order valence-corrected chi connectivity index (χ0v) is 18.4. The van der Waals surface area contributed by atoms with Gasteiger partial charge in [-0.1, -0.05) is 49.1 Å². The molecule has 1 heterocycles. The number of azide groups is 1. The lowest BCUT2D eigenvalue weighted by atomic mass is 10.0. The summed E-state index contributed by atoms with van der Waals surface area (Å²) in [6.45, 7) is 0.375. The molecule has 4 aromatic rings. The van der Waals surface area contributed by atoms with Crippen molar-refractivity contribution in [2.75, 3.05) is 11.9 Å². The van der Waals surface area contributed by atoms with Crippen LogP contribution >= 0.6 is 31.9 Å². The van der Waals surface area contributed by atoms with Gasteiger partial charge in [0.2, 0.25) is 0 Å². The first-order valence-corrected chi connectivity index (χ1v) is 10.6. The molecule has 0 radical (unpaired) electrons. The van der Waals surface area contributed by atoms with Gasteiger partial charge in [0.15, 0.2) is 0 Å². The summed E-state index contributed by atoms with van der Waals surface area (Å²) < 4.78 is 2.00. The number of nitrogens with zero attached hydrogens (tertiary/aromatic N) is 3. The average Bonchev–Trinajstić information content (AvgIpc) is 3.05. The van der Waals surface area contributed by atoms with E-state index in [0.717, 1.165) is 42.0 Å². The van der Waals surface area contributed by atoms with Gasteiger partial charge < -0.3 is 15.4 Å². The fourth-order valence-corrected chi connectivity index (χ4v) is 4.33. The molecule has 0 aliphatic heterocycles. The Kier molecular flexibility index (Phi) is 5.78. The summed E-state index contributed by atoms with van der Waals surface area (Å²) in [4.78, 5) is 6.28. The van der Waals surface area contributed by atoms with Gasteiger partial charge in [-0.25, -0.2) is 0 Å². The van der Waals surface area contributed by atoms with E-state index in [1.54, 1.807) is 18.2 Å². The number of hydrogen-bond acceptors (Lipinski definition) is 3. The number of halogens is 2. The van der Waals surface area contributed by atoms with Gasteiger partial charge in [0.1, 0.15) is 0 Å². The van der Waals surface area contributed by atoms with E-state index in [2.05, 4.69) is 64.3 Å². The Morgan fingerprint density at radius 2 is 1.90 bits per heavy atom. The molecule has 1 unspecified atom stereocenters. The van der Waals surface area contributed by atoms with Gasteiger partial charge in [-0.3, -0.25) is 0 Å². The Morgan fingerprint density at radius 3 is 2.72 bits per heavy atom. The van der Waals surface area contributed by atoms with Gasteiger partial charge in [-0.2, -0.15) is 0 Å². The Labute approximate surface area is 183 Å². The highest BCUT2D eigenvalue weighted by atomic mass is 79.9. The first-order valence-electron chi connectivity index (χ1n) is 9.00. The average molecular weight is 515 g/mol.